The largest absolute Gasteiger partial charge is 0.497 e. The van der Waals surface area contributed by atoms with Crippen LogP contribution in [0.1, 0.15) is 0 Å². The number of nitrogens with one attached hydrogen (secondary N) is 2. The molecule has 0 aliphatic carbocycles. The number of hydrogen-bond acceptors (Lipinski definition) is 3. The molecule has 0 aliphatic rings. The number of rotatable bonds is 4. The molecule has 0 aliphatic heterocycles. The van der Waals surface area contributed by atoms with Gasteiger partial charge in [-0.3, -0.25) is 0 Å². The number of methoxy groups -OCH3 is 2. The summed E-state index contributed by atoms with van der Waals surface area (Å²) in [5.74, 6) is 1.29. The fraction of sp³-hybridized carbons (Fsp3) is 0.133. The van der Waals surface area contributed by atoms with Gasteiger partial charge in [0.1, 0.15) is 11.5 Å². The Kier molecular flexibility index (Phi) is 6.18. The second-order valence-corrected chi connectivity index (χ2v) is 6.02. The van der Waals surface area contributed by atoms with Crippen molar-refractivity contribution in [2.75, 3.05) is 24.9 Å². The van der Waals surface area contributed by atoms with E-state index in [1.165, 1.54) is 0 Å². The lowest BCUT2D eigenvalue weighted by atomic mass is 10.2. The van der Waals surface area contributed by atoms with Gasteiger partial charge in [-0.1, -0.05) is 34.8 Å². The summed E-state index contributed by atoms with van der Waals surface area (Å²) in [5.41, 5.74) is 1.20. The first-order valence-corrected chi connectivity index (χ1v) is 7.93. The monoisotopic (exact) mass is 390 g/mol. The molecule has 0 radical (unpaired) electrons. The molecule has 8 heteroatoms. The zero-order valence-electron chi connectivity index (χ0n) is 12.2. The quantitative estimate of drug-likeness (QED) is 0.534. The third-order valence-electron chi connectivity index (χ3n) is 2.91. The van der Waals surface area contributed by atoms with Crippen molar-refractivity contribution in [2.24, 2.45) is 0 Å². The maximum absolute atomic E-state index is 6.12. The van der Waals surface area contributed by atoms with Gasteiger partial charge in [0.2, 0.25) is 0 Å². The lowest BCUT2D eigenvalue weighted by Crippen LogP contribution is -2.19. The van der Waals surface area contributed by atoms with E-state index < -0.39 is 0 Å². The molecular formula is C15H13Cl3N2O2S. The van der Waals surface area contributed by atoms with Crippen LogP contribution >= 0.6 is 47.0 Å². The van der Waals surface area contributed by atoms with Gasteiger partial charge in [-0.25, -0.2) is 0 Å². The molecule has 2 rings (SSSR count). The second kappa shape index (κ2) is 7.93. The van der Waals surface area contributed by atoms with Gasteiger partial charge < -0.3 is 20.1 Å². The van der Waals surface area contributed by atoms with Gasteiger partial charge in [-0.05, 0) is 36.5 Å². The van der Waals surface area contributed by atoms with E-state index in [0.717, 1.165) is 0 Å². The van der Waals surface area contributed by atoms with Crippen LogP contribution in [0.15, 0.2) is 30.3 Å². The Hall–Kier alpha value is -1.40. The van der Waals surface area contributed by atoms with E-state index >= 15 is 0 Å². The predicted octanol–water partition coefficient (Wildman–Crippen LogP) is 5.47. The normalized spacial score (nSPS) is 10.1. The minimum absolute atomic E-state index is 0.317. The van der Waals surface area contributed by atoms with Gasteiger partial charge in [0.15, 0.2) is 5.11 Å². The van der Waals surface area contributed by atoms with Gasteiger partial charge in [0.25, 0.3) is 0 Å². The maximum Gasteiger partial charge on any atom is 0.175 e. The van der Waals surface area contributed by atoms with Crippen molar-refractivity contribution in [3.63, 3.8) is 0 Å². The Morgan fingerprint density at radius 1 is 0.870 bits per heavy atom. The third-order valence-corrected chi connectivity index (χ3v) is 4.15. The van der Waals surface area contributed by atoms with Crippen LogP contribution in [-0.4, -0.2) is 19.3 Å². The Labute approximate surface area is 154 Å². The molecule has 2 aromatic carbocycles. The van der Waals surface area contributed by atoms with Crippen molar-refractivity contribution >= 4 is 63.5 Å². The van der Waals surface area contributed by atoms with Gasteiger partial charge in [0, 0.05) is 6.07 Å². The Bertz CT molecular complexity index is 741. The highest BCUT2D eigenvalue weighted by Gasteiger charge is 2.10. The smallest absolute Gasteiger partial charge is 0.175 e. The molecule has 2 aromatic rings. The van der Waals surface area contributed by atoms with Crippen molar-refractivity contribution in [3.8, 4) is 11.5 Å². The van der Waals surface area contributed by atoms with E-state index in [4.69, 9.17) is 56.5 Å². The van der Waals surface area contributed by atoms with E-state index in [1.54, 1.807) is 44.6 Å². The van der Waals surface area contributed by atoms with Crippen LogP contribution in [-0.2, 0) is 0 Å². The standard InChI is InChI=1S/C15H13Cl3N2O2S/c1-21-8-3-4-14(22-2)13(5-8)20-15(23)19-12-7-10(17)9(16)6-11(12)18/h3-7H,1-2H3,(H2,19,20,23). The number of ether oxygens (including phenoxy) is 2. The Balaban J connectivity index is 2.18. The lowest BCUT2D eigenvalue weighted by molar-refractivity contribution is 0.405. The first-order chi connectivity index (χ1) is 10.9. The molecule has 0 heterocycles. The molecule has 0 amide bonds. The molecule has 122 valence electrons. The van der Waals surface area contributed by atoms with Crippen molar-refractivity contribution in [1.82, 2.24) is 0 Å². The summed E-state index contributed by atoms with van der Waals surface area (Å²) < 4.78 is 10.5. The third kappa shape index (κ3) is 4.54. The van der Waals surface area contributed by atoms with Crippen molar-refractivity contribution in [2.45, 2.75) is 0 Å². The fourth-order valence-corrected chi connectivity index (χ4v) is 2.62. The van der Waals surface area contributed by atoms with Crippen LogP contribution < -0.4 is 20.1 Å². The van der Waals surface area contributed by atoms with Crippen LogP contribution in [0.5, 0.6) is 11.5 Å². The molecule has 23 heavy (non-hydrogen) atoms. The summed E-state index contributed by atoms with van der Waals surface area (Å²) in [4.78, 5) is 0. The fourth-order valence-electron chi connectivity index (χ4n) is 1.81. The minimum atomic E-state index is 0.317. The molecular weight excluding hydrogens is 379 g/mol. The molecule has 2 N–H and O–H groups in total. The lowest BCUT2D eigenvalue weighted by Gasteiger charge is -2.15. The molecule has 4 nitrogen and oxygen atoms in total. The molecule has 0 saturated heterocycles. The minimum Gasteiger partial charge on any atom is -0.497 e. The molecule has 0 bridgehead atoms. The van der Waals surface area contributed by atoms with Crippen LogP contribution in [0.3, 0.4) is 0 Å². The van der Waals surface area contributed by atoms with Gasteiger partial charge >= 0.3 is 0 Å². The Morgan fingerprint density at radius 2 is 1.52 bits per heavy atom. The summed E-state index contributed by atoms with van der Waals surface area (Å²) in [6, 6.07) is 8.47. The van der Waals surface area contributed by atoms with Crippen LogP contribution in [0, 0.1) is 0 Å². The molecule has 0 aromatic heterocycles. The summed E-state index contributed by atoms with van der Waals surface area (Å²) >= 11 is 23.3. The average Bonchev–Trinajstić information content (AvgIpc) is 2.52. The van der Waals surface area contributed by atoms with Crippen molar-refractivity contribution in [1.29, 1.82) is 0 Å². The van der Waals surface area contributed by atoms with E-state index in [9.17, 15) is 0 Å². The zero-order chi connectivity index (χ0) is 17.0. The number of anilines is 2. The maximum atomic E-state index is 6.12. The van der Waals surface area contributed by atoms with Crippen molar-refractivity contribution in [3.05, 3.63) is 45.4 Å². The van der Waals surface area contributed by atoms with Gasteiger partial charge in [-0.2, -0.15) is 0 Å². The average molecular weight is 392 g/mol. The summed E-state index contributed by atoms with van der Waals surface area (Å²) in [7, 11) is 3.15. The topological polar surface area (TPSA) is 42.5 Å². The number of halogens is 3. The van der Waals surface area contributed by atoms with E-state index in [0.29, 0.717) is 43.1 Å². The van der Waals surface area contributed by atoms with Crippen LogP contribution in [0.2, 0.25) is 15.1 Å². The Morgan fingerprint density at radius 3 is 2.17 bits per heavy atom. The number of thiocarbonyl (C=S) groups is 1. The van der Waals surface area contributed by atoms with E-state index in [-0.39, 0.29) is 0 Å². The highest BCUT2D eigenvalue weighted by Crippen LogP contribution is 2.33. The highest BCUT2D eigenvalue weighted by atomic mass is 35.5. The second-order valence-electron chi connectivity index (χ2n) is 4.39. The number of hydrogen-bond donors (Lipinski definition) is 2. The number of benzene rings is 2. The van der Waals surface area contributed by atoms with Gasteiger partial charge in [0.05, 0.1) is 40.7 Å². The van der Waals surface area contributed by atoms with E-state index in [1.807, 2.05) is 0 Å². The molecule has 0 spiro atoms. The summed E-state index contributed by atoms with van der Waals surface area (Å²) in [6.45, 7) is 0. The van der Waals surface area contributed by atoms with Crippen LogP contribution in [0.25, 0.3) is 0 Å². The first kappa shape index (κ1) is 17.9. The molecule has 0 atom stereocenters. The molecule has 0 saturated carbocycles. The molecule has 0 fully saturated rings. The highest BCUT2D eigenvalue weighted by molar-refractivity contribution is 7.80. The first-order valence-electron chi connectivity index (χ1n) is 6.39. The zero-order valence-corrected chi connectivity index (χ0v) is 15.3. The summed E-state index contributed by atoms with van der Waals surface area (Å²) in [6.07, 6.45) is 0. The SMILES string of the molecule is COc1ccc(OC)c(NC(=S)Nc2cc(Cl)c(Cl)cc2Cl)c1. The predicted molar refractivity (Wildman–Crippen MR) is 101 cm³/mol. The molecule has 0 unspecified atom stereocenters. The van der Waals surface area contributed by atoms with E-state index in [2.05, 4.69) is 10.6 Å². The van der Waals surface area contributed by atoms with Gasteiger partial charge in [-0.15, -0.1) is 0 Å². The summed E-state index contributed by atoms with van der Waals surface area (Å²) in [5, 5.41) is 7.46. The van der Waals surface area contributed by atoms with Crippen LogP contribution in [0.4, 0.5) is 11.4 Å². The van der Waals surface area contributed by atoms with Crippen molar-refractivity contribution < 1.29 is 9.47 Å².